The van der Waals surface area contributed by atoms with Crippen LogP contribution in [0.25, 0.3) is 0 Å². The summed E-state index contributed by atoms with van der Waals surface area (Å²) in [6, 6.07) is 0. The lowest BCUT2D eigenvalue weighted by atomic mass is 9.77. The number of rotatable bonds is 2. The second-order valence-corrected chi connectivity index (χ2v) is 6.94. The monoisotopic (exact) mass is 220 g/mol. The van der Waals surface area contributed by atoms with Crippen molar-refractivity contribution in [2.75, 3.05) is 0 Å². The molecular weight excluding hydrogens is 200 g/mol. The molecule has 3 nitrogen and oxygen atoms in total. The Bertz CT molecular complexity index is 284. The predicted molar refractivity (Wildman–Crippen MR) is 56.7 cm³/mol. The van der Waals surface area contributed by atoms with E-state index in [0.717, 1.165) is 12.8 Å². The van der Waals surface area contributed by atoms with Crippen molar-refractivity contribution < 1.29 is 13.0 Å². The van der Waals surface area contributed by atoms with E-state index in [0.29, 0.717) is 24.7 Å². The van der Waals surface area contributed by atoms with Gasteiger partial charge in [-0.25, -0.2) is 0 Å². The van der Waals surface area contributed by atoms with Gasteiger partial charge in [0.15, 0.2) is 0 Å². The van der Waals surface area contributed by atoms with Gasteiger partial charge < -0.3 is 0 Å². The molecule has 1 rings (SSSR count). The van der Waals surface area contributed by atoms with Crippen molar-refractivity contribution in [2.45, 2.75) is 51.2 Å². The van der Waals surface area contributed by atoms with E-state index in [-0.39, 0.29) is 0 Å². The second-order valence-electron chi connectivity index (χ2n) is 5.01. The summed E-state index contributed by atoms with van der Waals surface area (Å²) in [5.41, 5.74) is 0. The first-order chi connectivity index (χ1) is 6.26. The van der Waals surface area contributed by atoms with Crippen LogP contribution in [-0.4, -0.2) is 17.7 Å². The molecule has 0 bridgehead atoms. The van der Waals surface area contributed by atoms with Gasteiger partial charge in [0.2, 0.25) is 0 Å². The van der Waals surface area contributed by atoms with Crippen LogP contribution in [-0.2, 0) is 10.1 Å². The van der Waals surface area contributed by atoms with Crippen molar-refractivity contribution in [1.82, 2.24) is 0 Å². The first-order valence-corrected chi connectivity index (χ1v) is 6.67. The highest BCUT2D eigenvalue weighted by atomic mass is 32.2. The molecule has 1 aliphatic rings. The van der Waals surface area contributed by atoms with Crippen LogP contribution in [0.1, 0.15) is 46.5 Å². The fraction of sp³-hybridized carbons (Fsp3) is 1.00. The molecule has 1 fully saturated rings. The van der Waals surface area contributed by atoms with Crippen LogP contribution in [0.5, 0.6) is 0 Å². The Balaban J connectivity index is 2.67. The van der Waals surface area contributed by atoms with Crippen molar-refractivity contribution in [1.29, 1.82) is 0 Å². The van der Waals surface area contributed by atoms with Crippen LogP contribution in [0.3, 0.4) is 0 Å². The van der Waals surface area contributed by atoms with Gasteiger partial charge in [0, 0.05) is 0 Å². The molecule has 1 saturated carbocycles. The molecule has 0 aromatic rings. The first-order valence-electron chi connectivity index (χ1n) is 5.23. The Kier molecular flexibility index (Phi) is 3.26. The van der Waals surface area contributed by atoms with Crippen molar-refractivity contribution in [3.8, 4) is 0 Å². The Morgan fingerprint density at radius 1 is 1.29 bits per heavy atom. The molecule has 1 N–H and O–H groups in total. The van der Waals surface area contributed by atoms with Gasteiger partial charge in [-0.2, -0.15) is 8.42 Å². The third kappa shape index (κ3) is 2.28. The average Bonchev–Trinajstić information content (AvgIpc) is 2.03. The van der Waals surface area contributed by atoms with Crippen LogP contribution in [0.2, 0.25) is 0 Å². The highest BCUT2D eigenvalue weighted by molar-refractivity contribution is 7.87. The Morgan fingerprint density at radius 3 is 2.00 bits per heavy atom. The SMILES string of the molecule is CC(C)C1CCC(C)(S(=O)(=O)O)CC1. The molecule has 0 aromatic heterocycles. The smallest absolute Gasteiger partial charge is 0.270 e. The molecule has 0 spiro atoms. The van der Waals surface area contributed by atoms with Crippen LogP contribution in [0, 0.1) is 11.8 Å². The lowest BCUT2D eigenvalue weighted by Gasteiger charge is -2.36. The van der Waals surface area contributed by atoms with Gasteiger partial charge in [0.05, 0.1) is 4.75 Å². The first kappa shape index (κ1) is 12.0. The van der Waals surface area contributed by atoms with E-state index >= 15 is 0 Å². The zero-order valence-corrected chi connectivity index (χ0v) is 9.97. The van der Waals surface area contributed by atoms with Crippen molar-refractivity contribution >= 4 is 10.1 Å². The highest BCUT2D eigenvalue weighted by Crippen LogP contribution is 2.39. The summed E-state index contributed by atoms with van der Waals surface area (Å²) >= 11 is 0. The van der Waals surface area contributed by atoms with E-state index in [9.17, 15) is 8.42 Å². The third-order valence-corrected chi connectivity index (χ3v) is 5.31. The summed E-state index contributed by atoms with van der Waals surface area (Å²) in [4.78, 5) is 0. The van der Waals surface area contributed by atoms with Gasteiger partial charge in [-0.05, 0) is 44.4 Å². The van der Waals surface area contributed by atoms with Crippen LogP contribution in [0.4, 0.5) is 0 Å². The van der Waals surface area contributed by atoms with Crippen molar-refractivity contribution in [3.05, 3.63) is 0 Å². The molecule has 84 valence electrons. The van der Waals surface area contributed by atoms with Crippen LogP contribution >= 0.6 is 0 Å². The zero-order chi connectivity index (χ0) is 11.0. The Morgan fingerprint density at radius 2 is 1.71 bits per heavy atom. The van der Waals surface area contributed by atoms with E-state index in [1.807, 2.05) is 0 Å². The van der Waals surface area contributed by atoms with Gasteiger partial charge in [0.25, 0.3) is 10.1 Å². The normalized spacial score (nSPS) is 34.8. The maximum atomic E-state index is 11.1. The van der Waals surface area contributed by atoms with Gasteiger partial charge in [-0.15, -0.1) is 0 Å². The number of hydrogen-bond donors (Lipinski definition) is 1. The minimum Gasteiger partial charge on any atom is -0.285 e. The van der Waals surface area contributed by atoms with E-state index < -0.39 is 14.9 Å². The fourth-order valence-corrected chi connectivity index (χ4v) is 2.93. The minimum atomic E-state index is -3.87. The lowest BCUT2D eigenvalue weighted by Crippen LogP contribution is -2.39. The summed E-state index contributed by atoms with van der Waals surface area (Å²) < 4.78 is 30.5. The van der Waals surface area contributed by atoms with Gasteiger partial charge in [0.1, 0.15) is 0 Å². The molecule has 0 radical (unpaired) electrons. The summed E-state index contributed by atoms with van der Waals surface area (Å²) in [6.07, 6.45) is 3.01. The molecule has 0 atom stereocenters. The molecule has 0 unspecified atom stereocenters. The average molecular weight is 220 g/mol. The molecular formula is C10H20O3S. The standard InChI is InChI=1S/C10H20O3S/c1-8(2)9-4-6-10(3,7-5-9)14(11,12)13/h8-9H,4-7H2,1-3H3,(H,11,12,13). The summed E-state index contributed by atoms with van der Waals surface area (Å²) in [5.74, 6) is 1.23. The summed E-state index contributed by atoms with van der Waals surface area (Å²) in [6.45, 7) is 5.99. The molecule has 4 heteroatoms. The molecule has 0 aromatic carbocycles. The zero-order valence-electron chi connectivity index (χ0n) is 9.16. The van der Waals surface area contributed by atoms with E-state index in [1.54, 1.807) is 6.92 Å². The second kappa shape index (κ2) is 3.81. The largest absolute Gasteiger partial charge is 0.285 e. The topological polar surface area (TPSA) is 54.4 Å². The quantitative estimate of drug-likeness (QED) is 0.727. The van der Waals surface area contributed by atoms with Crippen LogP contribution in [0.15, 0.2) is 0 Å². The Hall–Kier alpha value is -0.0900. The molecule has 0 aliphatic heterocycles. The summed E-state index contributed by atoms with van der Waals surface area (Å²) in [5, 5.41) is 0. The Labute approximate surface area is 86.6 Å². The molecule has 0 saturated heterocycles. The fourth-order valence-electron chi connectivity index (χ4n) is 2.18. The van der Waals surface area contributed by atoms with E-state index in [1.165, 1.54) is 0 Å². The van der Waals surface area contributed by atoms with Gasteiger partial charge >= 0.3 is 0 Å². The highest BCUT2D eigenvalue weighted by Gasteiger charge is 2.41. The maximum absolute atomic E-state index is 11.1. The minimum absolute atomic E-state index is 0.592. The molecule has 0 heterocycles. The van der Waals surface area contributed by atoms with E-state index in [4.69, 9.17) is 4.55 Å². The van der Waals surface area contributed by atoms with Gasteiger partial charge in [-0.1, -0.05) is 13.8 Å². The molecule has 1 aliphatic carbocycles. The molecule has 0 amide bonds. The number of hydrogen-bond acceptors (Lipinski definition) is 2. The lowest BCUT2D eigenvalue weighted by molar-refractivity contribution is 0.237. The summed E-state index contributed by atoms with van der Waals surface area (Å²) in [7, 11) is -3.87. The van der Waals surface area contributed by atoms with Crippen molar-refractivity contribution in [2.24, 2.45) is 11.8 Å². The van der Waals surface area contributed by atoms with Crippen molar-refractivity contribution in [3.63, 3.8) is 0 Å². The van der Waals surface area contributed by atoms with Crippen LogP contribution < -0.4 is 0 Å². The van der Waals surface area contributed by atoms with Gasteiger partial charge in [-0.3, -0.25) is 4.55 Å². The molecule has 14 heavy (non-hydrogen) atoms. The predicted octanol–water partition coefficient (Wildman–Crippen LogP) is 2.48. The van der Waals surface area contributed by atoms with E-state index in [2.05, 4.69) is 13.8 Å². The maximum Gasteiger partial charge on any atom is 0.270 e. The third-order valence-electron chi connectivity index (χ3n) is 3.65.